The maximum absolute atomic E-state index is 6.00. The van der Waals surface area contributed by atoms with Crippen molar-refractivity contribution in [3.05, 3.63) is 36.1 Å². The molecule has 1 aromatic heterocycles. The molecule has 1 aromatic carbocycles. The number of para-hydroxylation sites is 1. The Balaban J connectivity index is 1.96. The largest absolute Gasteiger partial charge is 0.461 e. The highest BCUT2D eigenvalue weighted by Crippen LogP contribution is 2.35. The van der Waals surface area contributed by atoms with Gasteiger partial charge >= 0.3 is 0 Å². The molecule has 1 aliphatic carbocycles. The summed E-state index contributed by atoms with van der Waals surface area (Å²) in [6.45, 7) is 0. The molecule has 1 saturated carbocycles. The van der Waals surface area contributed by atoms with Crippen LogP contribution in [0.2, 0.25) is 0 Å². The summed E-state index contributed by atoms with van der Waals surface area (Å²) in [5.74, 6) is 1.70. The van der Waals surface area contributed by atoms with Crippen molar-refractivity contribution >= 4 is 11.0 Å². The van der Waals surface area contributed by atoms with Crippen molar-refractivity contribution in [2.45, 2.75) is 37.6 Å². The van der Waals surface area contributed by atoms with E-state index in [1.54, 1.807) is 0 Å². The lowest BCUT2D eigenvalue weighted by Gasteiger charge is -2.29. The third-order valence-electron chi connectivity index (χ3n) is 3.95. The highest BCUT2D eigenvalue weighted by atomic mass is 16.3. The van der Waals surface area contributed by atoms with Crippen LogP contribution < -0.4 is 5.32 Å². The Morgan fingerprint density at radius 3 is 2.82 bits per heavy atom. The number of rotatable bonds is 2. The zero-order valence-corrected chi connectivity index (χ0v) is 10.3. The first kappa shape index (κ1) is 10.8. The quantitative estimate of drug-likeness (QED) is 0.849. The van der Waals surface area contributed by atoms with Crippen LogP contribution in [0.5, 0.6) is 0 Å². The standard InChI is InChI=1S/C15H19NO/c1-16-13-8-4-3-7-12(13)15-10-11-6-2-5-9-14(11)17-15/h2,5-6,9-10,12-13,16H,3-4,7-8H2,1H3. The zero-order chi connectivity index (χ0) is 11.7. The molecule has 1 fully saturated rings. The topological polar surface area (TPSA) is 25.2 Å². The molecular formula is C15H19NO. The Kier molecular flexibility index (Phi) is 2.89. The first-order valence-electron chi connectivity index (χ1n) is 6.54. The number of benzene rings is 1. The first-order valence-corrected chi connectivity index (χ1v) is 6.54. The van der Waals surface area contributed by atoms with Gasteiger partial charge in [-0.05, 0) is 32.0 Å². The van der Waals surface area contributed by atoms with Crippen molar-refractivity contribution in [2.75, 3.05) is 7.05 Å². The lowest BCUT2D eigenvalue weighted by atomic mass is 9.83. The molecule has 0 amide bonds. The molecule has 0 radical (unpaired) electrons. The minimum atomic E-state index is 0.543. The number of fused-ring (bicyclic) bond motifs is 1. The second-order valence-corrected chi connectivity index (χ2v) is 4.97. The Hall–Kier alpha value is -1.28. The summed E-state index contributed by atoms with van der Waals surface area (Å²) < 4.78 is 6.00. The molecule has 17 heavy (non-hydrogen) atoms. The molecule has 2 atom stereocenters. The second kappa shape index (κ2) is 4.53. The number of hydrogen-bond acceptors (Lipinski definition) is 2. The van der Waals surface area contributed by atoms with E-state index >= 15 is 0 Å². The Bertz CT molecular complexity index is 469. The molecule has 3 rings (SSSR count). The van der Waals surface area contributed by atoms with Crippen LogP contribution in [-0.4, -0.2) is 13.1 Å². The third kappa shape index (κ3) is 1.98. The van der Waals surface area contributed by atoms with Gasteiger partial charge in [-0.15, -0.1) is 0 Å². The predicted molar refractivity (Wildman–Crippen MR) is 70.3 cm³/mol. The van der Waals surface area contributed by atoms with Crippen LogP contribution in [0.25, 0.3) is 11.0 Å². The zero-order valence-electron chi connectivity index (χ0n) is 10.3. The molecule has 1 N–H and O–H groups in total. The van der Waals surface area contributed by atoms with Crippen LogP contribution in [0.1, 0.15) is 37.4 Å². The van der Waals surface area contributed by atoms with Gasteiger partial charge in [0.05, 0.1) is 0 Å². The van der Waals surface area contributed by atoms with E-state index in [4.69, 9.17) is 4.42 Å². The SMILES string of the molecule is CNC1CCCCC1c1cc2ccccc2o1. The first-order chi connectivity index (χ1) is 8.38. The van der Waals surface area contributed by atoms with Gasteiger partial charge in [0.1, 0.15) is 11.3 Å². The monoisotopic (exact) mass is 229 g/mol. The molecular weight excluding hydrogens is 210 g/mol. The normalized spacial score (nSPS) is 25.2. The summed E-state index contributed by atoms with van der Waals surface area (Å²) in [6.07, 6.45) is 5.16. The number of hydrogen-bond donors (Lipinski definition) is 1. The van der Waals surface area contributed by atoms with Gasteiger partial charge in [-0.2, -0.15) is 0 Å². The maximum Gasteiger partial charge on any atom is 0.134 e. The summed E-state index contributed by atoms with van der Waals surface area (Å²) in [7, 11) is 2.06. The highest BCUT2D eigenvalue weighted by molar-refractivity contribution is 5.77. The molecule has 0 aliphatic heterocycles. The fourth-order valence-electron chi connectivity index (χ4n) is 3.00. The smallest absolute Gasteiger partial charge is 0.134 e. The van der Waals surface area contributed by atoms with E-state index in [-0.39, 0.29) is 0 Å². The maximum atomic E-state index is 6.00. The number of likely N-dealkylation sites (N-methyl/N-ethyl adjacent to an activating group) is 1. The van der Waals surface area contributed by atoms with E-state index in [2.05, 4.69) is 36.6 Å². The van der Waals surface area contributed by atoms with Crippen molar-refractivity contribution in [3.63, 3.8) is 0 Å². The molecule has 1 heterocycles. The molecule has 2 heteroatoms. The summed E-state index contributed by atoms with van der Waals surface area (Å²) in [5, 5.41) is 4.66. The summed E-state index contributed by atoms with van der Waals surface area (Å²) in [6, 6.07) is 11.1. The van der Waals surface area contributed by atoms with Crippen molar-refractivity contribution < 1.29 is 4.42 Å². The summed E-state index contributed by atoms with van der Waals surface area (Å²) in [5.41, 5.74) is 1.02. The number of furan rings is 1. The molecule has 90 valence electrons. The van der Waals surface area contributed by atoms with Crippen LogP contribution in [0.4, 0.5) is 0 Å². The minimum Gasteiger partial charge on any atom is -0.461 e. The van der Waals surface area contributed by atoms with E-state index in [9.17, 15) is 0 Å². The van der Waals surface area contributed by atoms with E-state index < -0.39 is 0 Å². The van der Waals surface area contributed by atoms with Crippen LogP contribution in [0.15, 0.2) is 34.7 Å². The fraction of sp³-hybridized carbons (Fsp3) is 0.467. The summed E-state index contributed by atoms with van der Waals surface area (Å²) in [4.78, 5) is 0. The van der Waals surface area contributed by atoms with Gasteiger partial charge in [-0.3, -0.25) is 0 Å². The Morgan fingerprint density at radius 1 is 1.18 bits per heavy atom. The van der Waals surface area contributed by atoms with Crippen molar-refractivity contribution in [2.24, 2.45) is 0 Å². The molecule has 0 spiro atoms. The number of nitrogens with one attached hydrogen (secondary N) is 1. The average Bonchev–Trinajstić information content (AvgIpc) is 2.82. The average molecular weight is 229 g/mol. The van der Waals surface area contributed by atoms with Crippen LogP contribution in [-0.2, 0) is 0 Å². The van der Waals surface area contributed by atoms with Crippen molar-refractivity contribution in [3.8, 4) is 0 Å². The van der Waals surface area contributed by atoms with Crippen molar-refractivity contribution in [1.29, 1.82) is 0 Å². The van der Waals surface area contributed by atoms with E-state index in [1.807, 2.05) is 6.07 Å². The molecule has 2 unspecified atom stereocenters. The van der Waals surface area contributed by atoms with Gasteiger partial charge in [0.15, 0.2) is 0 Å². The van der Waals surface area contributed by atoms with Gasteiger partial charge in [0.2, 0.25) is 0 Å². The van der Waals surface area contributed by atoms with Gasteiger partial charge in [0.25, 0.3) is 0 Å². The van der Waals surface area contributed by atoms with Gasteiger partial charge < -0.3 is 9.73 Å². The van der Waals surface area contributed by atoms with Gasteiger partial charge in [-0.1, -0.05) is 31.0 Å². The molecule has 1 aliphatic rings. The fourth-order valence-corrected chi connectivity index (χ4v) is 3.00. The molecule has 0 bridgehead atoms. The van der Waals surface area contributed by atoms with Gasteiger partial charge in [0, 0.05) is 17.3 Å². The van der Waals surface area contributed by atoms with E-state index in [0.717, 1.165) is 11.3 Å². The molecule has 2 aromatic rings. The molecule has 2 nitrogen and oxygen atoms in total. The Labute approximate surface area is 102 Å². The van der Waals surface area contributed by atoms with Crippen molar-refractivity contribution in [1.82, 2.24) is 5.32 Å². The van der Waals surface area contributed by atoms with Crippen LogP contribution in [0.3, 0.4) is 0 Å². The minimum absolute atomic E-state index is 0.543. The van der Waals surface area contributed by atoms with Gasteiger partial charge in [-0.25, -0.2) is 0 Å². The Morgan fingerprint density at radius 2 is 2.00 bits per heavy atom. The highest BCUT2D eigenvalue weighted by Gasteiger charge is 2.27. The third-order valence-corrected chi connectivity index (χ3v) is 3.95. The van der Waals surface area contributed by atoms with Crippen LogP contribution >= 0.6 is 0 Å². The molecule has 0 saturated heterocycles. The van der Waals surface area contributed by atoms with E-state index in [0.29, 0.717) is 12.0 Å². The van der Waals surface area contributed by atoms with Crippen LogP contribution in [0, 0.1) is 0 Å². The lowest BCUT2D eigenvalue weighted by Crippen LogP contribution is -2.34. The second-order valence-electron chi connectivity index (χ2n) is 4.97. The lowest BCUT2D eigenvalue weighted by molar-refractivity contribution is 0.309. The van der Waals surface area contributed by atoms with E-state index in [1.165, 1.54) is 31.1 Å². The summed E-state index contributed by atoms with van der Waals surface area (Å²) >= 11 is 0. The predicted octanol–water partition coefficient (Wildman–Crippen LogP) is 3.68.